The number of hydrogen-bond donors (Lipinski definition) is 1. The highest BCUT2D eigenvalue weighted by Crippen LogP contribution is 2.12. The fraction of sp³-hybridized carbons (Fsp3) is 0.818. The van der Waals surface area contributed by atoms with Gasteiger partial charge in [-0.25, -0.2) is 17.5 Å². The molecule has 1 heterocycles. The van der Waals surface area contributed by atoms with Gasteiger partial charge < -0.3 is 10.1 Å². The Morgan fingerprint density at radius 3 is 2.42 bits per heavy atom. The Hall–Kier alpha value is -1.15. The largest absolute Gasteiger partial charge is 0.459 e. The second kappa shape index (κ2) is 7.44. The molecule has 8 heteroatoms. The van der Waals surface area contributed by atoms with E-state index in [4.69, 9.17) is 0 Å². The average Bonchev–Trinajstić information content (AvgIpc) is 2.39. The van der Waals surface area contributed by atoms with Crippen LogP contribution in [0.2, 0.25) is 0 Å². The Labute approximate surface area is 113 Å². The fourth-order valence-electron chi connectivity index (χ4n) is 1.83. The lowest BCUT2D eigenvalue weighted by molar-refractivity contribution is -0.154. The summed E-state index contributed by atoms with van der Waals surface area (Å²) in [6.45, 7) is 2.68. The van der Waals surface area contributed by atoms with Crippen LogP contribution in [0.4, 0.5) is 0 Å². The van der Waals surface area contributed by atoms with Gasteiger partial charge in [-0.1, -0.05) is 6.42 Å². The molecule has 0 saturated carbocycles. The quantitative estimate of drug-likeness (QED) is 0.544. The third kappa shape index (κ3) is 5.15. The lowest BCUT2D eigenvalue weighted by Crippen LogP contribution is -2.41. The van der Waals surface area contributed by atoms with Crippen molar-refractivity contribution >= 4 is 21.9 Å². The molecule has 0 aromatic carbocycles. The maximum Gasteiger partial charge on any atom is 0.396 e. The Balaban J connectivity index is 2.35. The van der Waals surface area contributed by atoms with E-state index in [1.54, 1.807) is 6.92 Å². The molecule has 0 spiro atoms. The Kier molecular flexibility index (Phi) is 6.23. The van der Waals surface area contributed by atoms with Gasteiger partial charge in [0.1, 0.15) is 0 Å². The van der Waals surface area contributed by atoms with Crippen molar-refractivity contribution in [2.45, 2.75) is 26.2 Å². The first-order valence-corrected chi connectivity index (χ1v) is 8.01. The van der Waals surface area contributed by atoms with Crippen LogP contribution in [0, 0.1) is 0 Å². The summed E-state index contributed by atoms with van der Waals surface area (Å²) in [5.41, 5.74) is 0. The molecule has 1 rings (SSSR count). The first-order valence-electron chi connectivity index (χ1n) is 6.40. The molecule has 0 aliphatic carbocycles. The van der Waals surface area contributed by atoms with Crippen LogP contribution >= 0.6 is 0 Å². The summed E-state index contributed by atoms with van der Waals surface area (Å²) in [4.78, 5) is 22.2. The number of hydrogen-bond acceptors (Lipinski definition) is 5. The van der Waals surface area contributed by atoms with Crippen molar-refractivity contribution in [3.8, 4) is 0 Å². The number of amides is 1. The molecule has 1 fully saturated rings. The number of ether oxygens (including phenoxy) is 1. The third-order valence-electron chi connectivity index (χ3n) is 2.81. The summed E-state index contributed by atoms with van der Waals surface area (Å²) in [6.07, 6.45) is 2.79. The van der Waals surface area contributed by atoms with E-state index < -0.39 is 21.9 Å². The SMILES string of the molecule is CCOC(=O)C(=O)NCCS(=O)(=O)N1CCCCC1. The summed E-state index contributed by atoms with van der Waals surface area (Å²) < 4.78 is 29.8. The number of carbonyl (C=O) groups excluding carboxylic acids is 2. The molecule has 1 aliphatic heterocycles. The zero-order valence-corrected chi connectivity index (χ0v) is 11.9. The minimum Gasteiger partial charge on any atom is -0.459 e. The molecule has 1 aliphatic rings. The van der Waals surface area contributed by atoms with Crippen LogP contribution in [-0.2, 0) is 24.3 Å². The van der Waals surface area contributed by atoms with Crippen molar-refractivity contribution in [1.29, 1.82) is 0 Å². The minimum atomic E-state index is -3.35. The number of carbonyl (C=O) groups is 2. The van der Waals surface area contributed by atoms with E-state index in [9.17, 15) is 18.0 Å². The van der Waals surface area contributed by atoms with Gasteiger partial charge in [0.15, 0.2) is 0 Å². The Bertz CT molecular complexity index is 415. The second-order valence-electron chi connectivity index (χ2n) is 4.25. The highest BCUT2D eigenvalue weighted by atomic mass is 32.2. The van der Waals surface area contributed by atoms with E-state index in [1.165, 1.54) is 4.31 Å². The molecule has 0 bridgehead atoms. The van der Waals surface area contributed by atoms with E-state index >= 15 is 0 Å². The molecule has 0 atom stereocenters. The van der Waals surface area contributed by atoms with Crippen LogP contribution in [-0.4, -0.2) is 56.6 Å². The lowest BCUT2D eigenvalue weighted by Gasteiger charge is -2.25. The normalized spacial score (nSPS) is 16.9. The molecule has 0 unspecified atom stereocenters. The maximum atomic E-state index is 11.9. The van der Waals surface area contributed by atoms with Crippen molar-refractivity contribution in [2.24, 2.45) is 0 Å². The Morgan fingerprint density at radius 2 is 1.84 bits per heavy atom. The number of rotatable bonds is 5. The number of nitrogens with zero attached hydrogens (tertiary/aromatic N) is 1. The molecule has 1 amide bonds. The third-order valence-corrected chi connectivity index (χ3v) is 4.69. The predicted molar refractivity (Wildman–Crippen MR) is 68.9 cm³/mol. The van der Waals surface area contributed by atoms with Gasteiger partial charge >= 0.3 is 11.9 Å². The van der Waals surface area contributed by atoms with Crippen molar-refractivity contribution in [1.82, 2.24) is 9.62 Å². The van der Waals surface area contributed by atoms with Gasteiger partial charge in [-0.2, -0.15) is 0 Å². The van der Waals surface area contributed by atoms with E-state index in [-0.39, 0.29) is 18.9 Å². The smallest absolute Gasteiger partial charge is 0.396 e. The van der Waals surface area contributed by atoms with E-state index in [0.717, 1.165) is 19.3 Å². The van der Waals surface area contributed by atoms with Crippen LogP contribution in [0.15, 0.2) is 0 Å². The van der Waals surface area contributed by atoms with Crippen molar-refractivity contribution in [3.63, 3.8) is 0 Å². The standard InChI is InChI=1S/C11H20N2O5S/c1-2-18-11(15)10(14)12-6-9-19(16,17)13-7-4-3-5-8-13/h2-9H2,1H3,(H,12,14). The van der Waals surface area contributed by atoms with Crippen LogP contribution in [0.3, 0.4) is 0 Å². The van der Waals surface area contributed by atoms with E-state index in [1.807, 2.05) is 0 Å². The molecule has 1 N–H and O–H groups in total. The zero-order chi connectivity index (χ0) is 14.3. The first-order chi connectivity index (χ1) is 8.97. The molecule has 110 valence electrons. The summed E-state index contributed by atoms with van der Waals surface area (Å²) in [6, 6.07) is 0. The van der Waals surface area contributed by atoms with Gasteiger partial charge in [0.2, 0.25) is 10.0 Å². The minimum absolute atomic E-state index is 0.0868. The highest BCUT2D eigenvalue weighted by molar-refractivity contribution is 7.89. The molecule has 0 aromatic rings. The molecule has 19 heavy (non-hydrogen) atoms. The molecular weight excluding hydrogens is 272 g/mol. The summed E-state index contributed by atoms with van der Waals surface area (Å²) in [7, 11) is -3.35. The predicted octanol–water partition coefficient (Wildman–Crippen LogP) is -0.519. The second-order valence-corrected chi connectivity index (χ2v) is 6.34. The number of nitrogens with one attached hydrogen (secondary N) is 1. The molecular formula is C11H20N2O5S. The van der Waals surface area contributed by atoms with Crippen LogP contribution < -0.4 is 5.32 Å². The molecule has 7 nitrogen and oxygen atoms in total. The average molecular weight is 292 g/mol. The summed E-state index contributed by atoms with van der Waals surface area (Å²) >= 11 is 0. The topological polar surface area (TPSA) is 92.8 Å². The monoisotopic (exact) mass is 292 g/mol. The van der Waals surface area contributed by atoms with Crippen molar-refractivity contribution < 1.29 is 22.7 Å². The Morgan fingerprint density at radius 1 is 1.21 bits per heavy atom. The van der Waals surface area contributed by atoms with Gasteiger partial charge in [-0.15, -0.1) is 0 Å². The molecule has 1 saturated heterocycles. The number of sulfonamides is 1. The number of esters is 1. The fourth-order valence-corrected chi connectivity index (χ4v) is 3.27. The van der Waals surface area contributed by atoms with Crippen LogP contribution in [0.25, 0.3) is 0 Å². The van der Waals surface area contributed by atoms with Gasteiger partial charge in [0.25, 0.3) is 0 Å². The highest BCUT2D eigenvalue weighted by Gasteiger charge is 2.24. The first kappa shape index (κ1) is 15.9. The van der Waals surface area contributed by atoms with Gasteiger partial charge in [-0.05, 0) is 19.8 Å². The maximum absolute atomic E-state index is 11.9. The van der Waals surface area contributed by atoms with Crippen molar-refractivity contribution in [3.05, 3.63) is 0 Å². The van der Waals surface area contributed by atoms with Gasteiger partial charge in [-0.3, -0.25) is 4.79 Å². The number of piperidine rings is 1. The summed E-state index contributed by atoms with van der Waals surface area (Å²) in [5.74, 6) is -2.09. The van der Waals surface area contributed by atoms with E-state index in [2.05, 4.69) is 10.1 Å². The molecule has 0 radical (unpaired) electrons. The van der Waals surface area contributed by atoms with Crippen molar-refractivity contribution in [2.75, 3.05) is 32.0 Å². The van der Waals surface area contributed by atoms with E-state index in [0.29, 0.717) is 13.1 Å². The van der Waals surface area contributed by atoms with Crippen LogP contribution in [0.5, 0.6) is 0 Å². The van der Waals surface area contributed by atoms with Crippen LogP contribution in [0.1, 0.15) is 26.2 Å². The summed E-state index contributed by atoms with van der Waals surface area (Å²) in [5, 5.41) is 2.24. The van der Waals surface area contributed by atoms with Gasteiger partial charge in [0, 0.05) is 19.6 Å². The zero-order valence-electron chi connectivity index (χ0n) is 11.1. The lowest BCUT2D eigenvalue weighted by atomic mass is 10.2. The molecule has 0 aromatic heterocycles. The van der Waals surface area contributed by atoms with Gasteiger partial charge in [0.05, 0.1) is 12.4 Å².